The monoisotopic (exact) mass is 584 g/mol. The average Bonchev–Trinajstić information content (AvgIpc) is 3.61. The van der Waals surface area contributed by atoms with E-state index >= 15 is 4.39 Å². The van der Waals surface area contributed by atoms with Crippen molar-refractivity contribution in [3.05, 3.63) is 77.0 Å². The van der Waals surface area contributed by atoms with E-state index in [4.69, 9.17) is 9.51 Å². The van der Waals surface area contributed by atoms with Crippen molar-refractivity contribution in [3.63, 3.8) is 0 Å². The van der Waals surface area contributed by atoms with Gasteiger partial charge in [0.15, 0.2) is 11.6 Å². The number of hydrogen-bond donors (Lipinski definition) is 4. The molecule has 1 atom stereocenters. The number of amides is 1. The van der Waals surface area contributed by atoms with Crippen molar-refractivity contribution in [1.29, 1.82) is 0 Å². The number of nitrogens with zero attached hydrogens (tertiary/aromatic N) is 5. The van der Waals surface area contributed by atoms with E-state index in [0.717, 1.165) is 44.5 Å². The van der Waals surface area contributed by atoms with E-state index in [-0.39, 0.29) is 41.0 Å². The molecule has 0 unspecified atom stereocenters. The van der Waals surface area contributed by atoms with Crippen LogP contribution in [0.1, 0.15) is 66.5 Å². The minimum absolute atomic E-state index is 0.0980. The van der Waals surface area contributed by atoms with Crippen LogP contribution < -0.4 is 16.0 Å². The molecule has 222 valence electrons. The number of rotatable bonds is 8. The third kappa shape index (κ3) is 4.80. The van der Waals surface area contributed by atoms with Crippen LogP contribution in [0.2, 0.25) is 0 Å². The summed E-state index contributed by atoms with van der Waals surface area (Å²) in [7, 11) is 0. The zero-order chi connectivity index (χ0) is 29.8. The maximum Gasteiger partial charge on any atom is 0.263 e. The van der Waals surface area contributed by atoms with Gasteiger partial charge in [0.25, 0.3) is 11.8 Å². The van der Waals surface area contributed by atoms with Gasteiger partial charge in [0.05, 0.1) is 23.9 Å². The first-order chi connectivity index (χ1) is 20.8. The Labute approximate surface area is 247 Å². The molecule has 4 aliphatic rings. The van der Waals surface area contributed by atoms with Gasteiger partial charge in [-0.1, -0.05) is 35.5 Å². The molecule has 8 rings (SSSR count). The van der Waals surface area contributed by atoms with E-state index in [1.54, 1.807) is 26.1 Å². The van der Waals surface area contributed by atoms with E-state index in [1.807, 2.05) is 30.3 Å². The quantitative estimate of drug-likeness (QED) is 0.237. The molecule has 3 saturated heterocycles. The molecule has 0 saturated carbocycles. The molecule has 1 amide bonds. The highest BCUT2D eigenvalue weighted by atomic mass is 19.1. The first kappa shape index (κ1) is 27.4. The van der Waals surface area contributed by atoms with E-state index in [9.17, 15) is 9.90 Å². The van der Waals surface area contributed by atoms with Crippen LogP contribution in [0.15, 0.2) is 53.2 Å². The SMILES string of the molecule is CC1(C)NC(=O)c2ccc(Nc3ncc(-c4nc(C56CCN(CC5)CC6)no4)c(N[C@H](CO)c4ccccc4)n3)c(F)c21. The second kappa shape index (κ2) is 10.4. The third-order valence-electron chi connectivity index (χ3n) is 9.02. The Balaban J connectivity index is 1.25. The van der Waals surface area contributed by atoms with Crippen LogP contribution in [-0.4, -0.2) is 62.3 Å². The van der Waals surface area contributed by atoms with Crippen LogP contribution >= 0.6 is 0 Å². The topological polar surface area (TPSA) is 141 Å². The number of hydrogen-bond acceptors (Lipinski definition) is 10. The van der Waals surface area contributed by atoms with Gasteiger partial charge in [0.2, 0.25) is 5.95 Å². The van der Waals surface area contributed by atoms with Crippen LogP contribution in [0.25, 0.3) is 11.5 Å². The molecular weight excluding hydrogens is 551 g/mol. The van der Waals surface area contributed by atoms with Crippen LogP contribution in [0.4, 0.5) is 21.8 Å². The van der Waals surface area contributed by atoms with Gasteiger partial charge in [0.1, 0.15) is 11.4 Å². The van der Waals surface area contributed by atoms with Crippen molar-refractivity contribution in [2.45, 2.75) is 50.1 Å². The largest absolute Gasteiger partial charge is 0.394 e. The summed E-state index contributed by atoms with van der Waals surface area (Å²) in [5, 5.41) is 23.8. The highest BCUT2D eigenvalue weighted by Gasteiger charge is 2.44. The zero-order valence-corrected chi connectivity index (χ0v) is 24.0. The summed E-state index contributed by atoms with van der Waals surface area (Å²) in [5.74, 6) is 0.549. The molecular formula is C31H33FN8O3. The predicted octanol–water partition coefficient (Wildman–Crippen LogP) is 4.27. The molecule has 4 N–H and O–H groups in total. The van der Waals surface area contributed by atoms with E-state index < -0.39 is 17.4 Å². The normalized spacial score (nSPS) is 22.6. The molecule has 3 fully saturated rings. The first-order valence-corrected chi connectivity index (χ1v) is 14.6. The lowest BCUT2D eigenvalue weighted by molar-refractivity contribution is 0.0747. The fraction of sp³-hybridized carbons (Fsp3) is 0.387. The number of aromatic nitrogens is 4. The van der Waals surface area contributed by atoms with Gasteiger partial charge in [-0.3, -0.25) is 4.79 Å². The standard InChI is InChI=1S/C31H33FN8O3/c1-30(2)23-19(26(42)38-30)8-9-21(24(23)32)35-29-33-16-20(25(36-29)34-22(17-41)18-6-4-3-5-7-18)27-37-28(39-43-27)31-10-13-40(14-11-31)15-12-31/h3-9,16,22,41H,10-15,17H2,1-2H3,(H,38,42)(H2,33,34,35,36)/t22-/m1/s1. The molecule has 2 aromatic carbocycles. The molecule has 0 spiro atoms. The molecule has 2 aromatic heterocycles. The predicted molar refractivity (Wildman–Crippen MR) is 157 cm³/mol. The number of aliphatic hydroxyl groups excluding tert-OH is 1. The maximum atomic E-state index is 15.7. The fourth-order valence-electron chi connectivity index (χ4n) is 6.51. The van der Waals surface area contributed by atoms with Crippen molar-refractivity contribution in [2.24, 2.45) is 0 Å². The lowest BCUT2D eigenvalue weighted by Crippen LogP contribution is -2.51. The number of anilines is 3. The van der Waals surface area contributed by atoms with Crippen molar-refractivity contribution >= 4 is 23.4 Å². The van der Waals surface area contributed by atoms with E-state index in [1.165, 1.54) is 6.07 Å². The number of benzene rings is 2. The molecule has 4 aromatic rings. The molecule has 43 heavy (non-hydrogen) atoms. The molecule has 6 heterocycles. The summed E-state index contributed by atoms with van der Waals surface area (Å²) in [6.07, 6.45) is 4.51. The highest BCUT2D eigenvalue weighted by Crippen LogP contribution is 2.42. The highest BCUT2D eigenvalue weighted by molar-refractivity contribution is 6.00. The van der Waals surface area contributed by atoms with Gasteiger partial charge in [-0.2, -0.15) is 9.97 Å². The van der Waals surface area contributed by atoms with E-state index in [2.05, 4.69) is 36.0 Å². The fourth-order valence-corrected chi connectivity index (χ4v) is 6.51. The Bertz CT molecular complexity index is 1670. The van der Waals surface area contributed by atoms with Gasteiger partial charge < -0.3 is 30.5 Å². The Kier molecular flexibility index (Phi) is 6.62. The number of carbonyl (C=O) groups is 1. The number of halogens is 1. The summed E-state index contributed by atoms with van der Waals surface area (Å²) >= 11 is 0. The van der Waals surface area contributed by atoms with Gasteiger partial charge in [-0.15, -0.1) is 0 Å². The van der Waals surface area contributed by atoms with Crippen molar-refractivity contribution < 1.29 is 18.8 Å². The van der Waals surface area contributed by atoms with Gasteiger partial charge in [-0.05, 0) is 70.4 Å². The molecule has 11 nitrogen and oxygen atoms in total. The first-order valence-electron chi connectivity index (χ1n) is 14.6. The lowest BCUT2D eigenvalue weighted by Gasteiger charge is -2.46. The number of nitrogens with one attached hydrogen (secondary N) is 3. The van der Waals surface area contributed by atoms with Crippen molar-refractivity contribution in [1.82, 2.24) is 30.3 Å². The maximum absolute atomic E-state index is 15.7. The Morgan fingerprint density at radius 3 is 2.53 bits per heavy atom. The summed E-state index contributed by atoms with van der Waals surface area (Å²) in [4.78, 5) is 28.8. The second-order valence-corrected chi connectivity index (χ2v) is 12.1. The number of aliphatic hydroxyl groups is 1. The van der Waals surface area contributed by atoms with Gasteiger partial charge in [-0.25, -0.2) is 9.37 Å². The summed E-state index contributed by atoms with van der Waals surface area (Å²) in [5.41, 5.74) is 1.08. The minimum atomic E-state index is -0.861. The van der Waals surface area contributed by atoms with Crippen LogP contribution in [-0.2, 0) is 11.0 Å². The molecule has 0 radical (unpaired) electrons. The zero-order valence-electron chi connectivity index (χ0n) is 24.0. The van der Waals surface area contributed by atoms with Gasteiger partial charge >= 0.3 is 0 Å². The molecule has 12 heteroatoms. The van der Waals surface area contributed by atoms with Crippen molar-refractivity contribution in [2.75, 3.05) is 36.9 Å². The Hall–Kier alpha value is -4.42. The summed E-state index contributed by atoms with van der Waals surface area (Å²) < 4.78 is 21.5. The number of carbonyl (C=O) groups excluding carboxylic acids is 1. The number of piperidine rings is 3. The van der Waals surface area contributed by atoms with Crippen molar-refractivity contribution in [3.8, 4) is 11.5 Å². The Morgan fingerprint density at radius 2 is 1.81 bits per heavy atom. The average molecular weight is 585 g/mol. The summed E-state index contributed by atoms with van der Waals surface area (Å²) in [6, 6.07) is 12.1. The van der Waals surface area contributed by atoms with Crippen LogP contribution in [0.3, 0.4) is 0 Å². The molecule has 2 bridgehead atoms. The van der Waals surface area contributed by atoms with E-state index in [0.29, 0.717) is 22.8 Å². The second-order valence-electron chi connectivity index (χ2n) is 12.1. The van der Waals surface area contributed by atoms with Crippen LogP contribution in [0, 0.1) is 5.82 Å². The molecule has 4 aliphatic heterocycles. The Morgan fingerprint density at radius 1 is 1.07 bits per heavy atom. The van der Waals surface area contributed by atoms with Gasteiger partial charge in [0, 0.05) is 22.7 Å². The number of fused-ring (bicyclic) bond motifs is 4. The van der Waals surface area contributed by atoms with Crippen LogP contribution in [0.5, 0.6) is 0 Å². The minimum Gasteiger partial charge on any atom is -0.394 e. The third-order valence-corrected chi connectivity index (χ3v) is 9.02. The summed E-state index contributed by atoms with van der Waals surface area (Å²) in [6.45, 7) is 6.37. The smallest absolute Gasteiger partial charge is 0.263 e. The molecule has 0 aliphatic carbocycles. The lowest BCUT2D eigenvalue weighted by atomic mass is 9.71.